The van der Waals surface area contributed by atoms with Gasteiger partial charge >= 0.3 is 11.9 Å². The van der Waals surface area contributed by atoms with Crippen molar-refractivity contribution in [3.63, 3.8) is 0 Å². The van der Waals surface area contributed by atoms with Gasteiger partial charge in [0.15, 0.2) is 11.4 Å². The van der Waals surface area contributed by atoms with Gasteiger partial charge in [-0.2, -0.15) is 0 Å². The summed E-state index contributed by atoms with van der Waals surface area (Å²) in [6, 6.07) is 0. The van der Waals surface area contributed by atoms with Crippen molar-refractivity contribution in [1.82, 2.24) is 0 Å². The van der Waals surface area contributed by atoms with Gasteiger partial charge in [-0.25, -0.2) is 9.59 Å². The number of carbonyl (C=O) groups is 3. The number of ketones is 1. The highest BCUT2D eigenvalue weighted by molar-refractivity contribution is 5.97. The van der Waals surface area contributed by atoms with E-state index in [1.807, 2.05) is 0 Å². The maximum absolute atomic E-state index is 13.0. The minimum absolute atomic E-state index is 0.0130. The molecule has 0 aromatic rings. The Bertz CT molecular complexity index is 868. The van der Waals surface area contributed by atoms with E-state index in [4.69, 9.17) is 14.6 Å². The van der Waals surface area contributed by atoms with Gasteiger partial charge in [0.05, 0.1) is 29.8 Å². The number of ether oxygens (including phenoxy) is 2. The monoisotopic (exact) mass is 434 g/mol. The number of hydrogen-bond donors (Lipinski definition) is 4. The molecule has 9 nitrogen and oxygen atoms in total. The summed E-state index contributed by atoms with van der Waals surface area (Å²) in [6.45, 7) is 1.71. The van der Waals surface area contributed by atoms with Crippen LogP contribution in [0.4, 0.5) is 0 Å². The highest BCUT2D eigenvalue weighted by Gasteiger charge is 2.64. The normalized spacial score (nSPS) is 36.7. The van der Waals surface area contributed by atoms with Crippen LogP contribution in [0.15, 0.2) is 47.8 Å². The predicted molar refractivity (Wildman–Crippen MR) is 106 cm³/mol. The summed E-state index contributed by atoms with van der Waals surface area (Å²) >= 11 is 0. The lowest BCUT2D eigenvalue weighted by Crippen LogP contribution is -2.64. The van der Waals surface area contributed by atoms with Crippen molar-refractivity contribution in [2.24, 2.45) is 5.92 Å². The Morgan fingerprint density at radius 3 is 2.52 bits per heavy atom. The van der Waals surface area contributed by atoms with E-state index in [0.717, 1.165) is 6.08 Å². The molecule has 9 heteroatoms. The first-order chi connectivity index (χ1) is 14.7. The molecule has 0 radical (unpaired) electrons. The molecule has 2 aliphatic heterocycles. The number of carboxylic acid groups (broad SMARTS) is 1. The smallest absolute Gasteiger partial charge is 0.338 e. The number of rotatable bonds is 4. The van der Waals surface area contributed by atoms with E-state index >= 15 is 0 Å². The topological polar surface area (TPSA) is 151 Å². The summed E-state index contributed by atoms with van der Waals surface area (Å²) in [5, 5.41) is 41.0. The van der Waals surface area contributed by atoms with Gasteiger partial charge in [-0.1, -0.05) is 24.3 Å². The Labute approximate surface area is 179 Å². The Morgan fingerprint density at radius 2 is 1.81 bits per heavy atom. The van der Waals surface area contributed by atoms with E-state index in [9.17, 15) is 29.7 Å². The van der Waals surface area contributed by atoms with Crippen LogP contribution < -0.4 is 0 Å². The first-order valence-electron chi connectivity index (χ1n) is 10.1. The van der Waals surface area contributed by atoms with Crippen LogP contribution in [0.5, 0.6) is 0 Å². The second-order valence-corrected chi connectivity index (χ2v) is 7.96. The van der Waals surface area contributed by atoms with Crippen molar-refractivity contribution in [2.45, 2.75) is 62.6 Å². The molecule has 31 heavy (non-hydrogen) atoms. The molecule has 168 valence electrons. The zero-order chi connectivity index (χ0) is 22.8. The number of Topliss-reactive ketones (excluding diaryl/α,β-unsaturated/α-hetero) is 1. The number of cyclic esters (lactones) is 1. The van der Waals surface area contributed by atoms with E-state index in [2.05, 4.69) is 0 Å². The third kappa shape index (κ3) is 4.48. The van der Waals surface area contributed by atoms with Crippen molar-refractivity contribution in [3.05, 3.63) is 47.8 Å². The number of aliphatic hydroxyl groups is 3. The van der Waals surface area contributed by atoms with Crippen LogP contribution in [-0.4, -0.2) is 68.2 Å². The molecular formula is C22H26O9. The van der Waals surface area contributed by atoms with Gasteiger partial charge in [0.25, 0.3) is 0 Å². The van der Waals surface area contributed by atoms with Crippen LogP contribution >= 0.6 is 0 Å². The van der Waals surface area contributed by atoms with Gasteiger partial charge in [-0.3, -0.25) is 4.79 Å². The third-order valence-corrected chi connectivity index (χ3v) is 5.81. The largest absolute Gasteiger partial charge is 0.486 e. The molecule has 0 bridgehead atoms. The molecule has 0 spiro atoms. The van der Waals surface area contributed by atoms with Crippen LogP contribution in [0.3, 0.4) is 0 Å². The molecule has 0 aromatic carbocycles. The quantitative estimate of drug-likeness (QED) is 0.282. The molecule has 1 aliphatic carbocycles. The van der Waals surface area contributed by atoms with E-state index in [1.54, 1.807) is 6.92 Å². The SMILES string of the molecule is CC1CCCC(O)C2(O)C(=O)CC(O)C3OC(/C=C/C=C/C=C/C(=O)O)=C(C(=O)O1)C32. The molecule has 6 atom stereocenters. The molecule has 0 aromatic heterocycles. The molecule has 3 aliphatic rings. The van der Waals surface area contributed by atoms with Gasteiger partial charge in [-0.05, 0) is 32.3 Å². The maximum Gasteiger partial charge on any atom is 0.338 e. The number of esters is 1. The van der Waals surface area contributed by atoms with Crippen molar-refractivity contribution in [3.8, 4) is 0 Å². The lowest BCUT2D eigenvalue weighted by molar-refractivity contribution is -0.188. The Hall–Kier alpha value is -2.75. The third-order valence-electron chi connectivity index (χ3n) is 5.81. The average molecular weight is 434 g/mol. The van der Waals surface area contributed by atoms with Crippen LogP contribution in [0.25, 0.3) is 0 Å². The number of carboxylic acids is 1. The standard InChI is InChI=1S/C22H26O9/c1-12-7-6-9-15(24)22(29)16(25)11-13(23)20-19(22)18(21(28)30-12)14(31-20)8-4-2-3-5-10-17(26)27/h2-5,8,10,12-13,15,19-20,23-24,29H,6-7,9,11H2,1H3,(H,26,27)/b3-2+,8-4+,10-5+. The minimum atomic E-state index is -2.28. The molecule has 1 saturated carbocycles. The first-order valence-corrected chi connectivity index (χ1v) is 10.1. The lowest BCUT2D eigenvalue weighted by Gasteiger charge is -2.44. The number of carbonyl (C=O) groups excluding carboxylic acids is 2. The van der Waals surface area contributed by atoms with Gasteiger partial charge in [-0.15, -0.1) is 0 Å². The van der Waals surface area contributed by atoms with Crippen molar-refractivity contribution < 1.29 is 44.3 Å². The van der Waals surface area contributed by atoms with E-state index in [1.165, 1.54) is 30.4 Å². The van der Waals surface area contributed by atoms with Crippen molar-refractivity contribution in [1.29, 1.82) is 0 Å². The fourth-order valence-electron chi connectivity index (χ4n) is 4.29. The van der Waals surface area contributed by atoms with E-state index in [0.29, 0.717) is 12.8 Å². The highest BCUT2D eigenvalue weighted by atomic mass is 16.6. The van der Waals surface area contributed by atoms with Gasteiger partial charge < -0.3 is 29.9 Å². The second-order valence-electron chi connectivity index (χ2n) is 7.96. The lowest BCUT2D eigenvalue weighted by atomic mass is 9.65. The Morgan fingerprint density at radius 1 is 1.10 bits per heavy atom. The summed E-state index contributed by atoms with van der Waals surface area (Å²) in [7, 11) is 0. The predicted octanol–water partition coefficient (Wildman–Crippen LogP) is 0.550. The molecule has 2 fully saturated rings. The molecule has 1 saturated heterocycles. The number of aliphatic hydroxyl groups excluding tert-OH is 2. The summed E-state index contributed by atoms with van der Waals surface area (Å²) in [6.07, 6.45) is 4.41. The zero-order valence-electron chi connectivity index (χ0n) is 17.0. The van der Waals surface area contributed by atoms with Crippen LogP contribution in [0.1, 0.15) is 32.6 Å². The molecular weight excluding hydrogens is 408 g/mol. The number of aliphatic carboxylic acids is 1. The number of hydrogen-bond acceptors (Lipinski definition) is 8. The summed E-state index contributed by atoms with van der Waals surface area (Å²) in [5.74, 6) is -3.91. The van der Waals surface area contributed by atoms with Gasteiger partial charge in [0, 0.05) is 12.5 Å². The fraction of sp³-hybridized carbons (Fsp3) is 0.500. The number of allylic oxidation sites excluding steroid dienone is 5. The van der Waals surface area contributed by atoms with Crippen LogP contribution in [0.2, 0.25) is 0 Å². The average Bonchev–Trinajstić information content (AvgIpc) is 3.08. The molecule has 0 amide bonds. The van der Waals surface area contributed by atoms with Crippen LogP contribution in [-0.2, 0) is 23.9 Å². The molecule has 3 rings (SSSR count). The maximum atomic E-state index is 13.0. The fourth-order valence-corrected chi connectivity index (χ4v) is 4.29. The van der Waals surface area contributed by atoms with E-state index in [-0.39, 0.29) is 17.8 Å². The molecule has 6 unspecified atom stereocenters. The Balaban J connectivity index is 2.03. The molecule has 4 N–H and O–H groups in total. The first kappa shape index (κ1) is 22.9. The second kappa shape index (κ2) is 9.17. The van der Waals surface area contributed by atoms with Crippen molar-refractivity contribution in [2.75, 3.05) is 0 Å². The minimum Gasteiger partial charge on any atom is -0.486 e. The van der Waals surface area contributed by atoms with Crippen LogP contribution in [0, 0.1) is 5.92 Å². The molecule has 2 heterocycles. The highest BCUT2D eigenvalue weighted by Crippen LogP contribution is 2.48. The summed E-state index contributed by atoms with van der Waals surface area (Å²) < 4.78 is 11.2. The Kier molecular flexibility index (Phi) is 6.78. The summed E-state index contributed by atoms with van der Waals surface area (Å²) in [5.41, 5.74) is -2.40. The van der Waals surface area contributed by atoms with Gasteiger partial charge in [0.1, 0.15) is 11.9 Å². The van der Waals surface area contributed by atoms with Gasteiger partial charge in [0.2, 0.25) is 0 Å². The van der Waals surface area contributed by atoms with Crippen molar-refractivity contribution >= 4 is 17.7 Å². The van der Waals surface area contributed by atoms with E-state index < -0.39 is 60.1 Å². The summed E-state index contributed by atoms with van der Waals surface area (Å²) in [4.78, 5) is 36.2. The zero-order valence-corrected chi connectivity index (χ0v) is 17.0.